The average molecular weight is 277 g/mol. The second kappa shape index (κ2) is 9.40. The van der Waals surface area contributed by atoms with E-state index in [4.69, 9.17) is 4.74 Å². The number of ether oxygens (including phenoxy) is 1. The van der Waals surface area contributed by atoms with Gasteiger partial charge in [-0.1, -0.05) is 31.9 Å². The summed E-state index contributed by atoms with van der Waals surface area (Å²) in [5.41, 5.74) is 2.41. The van der Waals surface area contributed by atoms with Gasteiger partial charge in [-0.05, 0) is 43.9 Å². The van der Waals surface area contributed by atoms with E-state index >= 15 is 0 Å². The van der Waals surface area contributed by atoms with Crippen LogP contribution in [0, 0.1) is 13.8 Å². The number of benzene rings is 1. The Kier molecular flexibility index (Phi) is 7.78. The number of carbonyl (C=O) groups excluding carboxylic acids is 1. The molecule has 0 radical (unpaired) electrons. The zero-order valence-corrected chi connectivity index (χ0v) is 13.0. The van der Waals surface area contributed by atoms with Crippen LogP contribution >= 0.6 is 0 Å². The number of carbonyl (C=O) groups is 1. The first-order valence-corrected chi connectivity index (χ1v) is 7.61. The third-order valence-corrected chi connectivity index (χ3v) is 3.46. The number of unbranched alkanes of at least 4 members (excludes halogenated alkanes) is 2. The summed E-state index contributed by atoms with van der Waals surface area (Å²) >= 11 is 0. The van der Waals surface area contributed by atoms with Crippen LogP contribution in [-0.4, -0.2) is 19.1 Å². The molecule has 0 fully saturated rings. The van der Waals surface area contributed by atoms with E-state index in [-0.39, 0.29) is 5.91 Å². The van der Waals surface area contributed by atoms with Gasteiger partial charge >= 0.3 is 0 Å². The summed E-state index contributed by atoms with van der Waals surface area (Å²) in [5, 5.41) is 2.94. The highest BCUT2D eigenvalue weighted by atomic mass is 16.5. The van der Waals surface area contributed by atoms with Crippen LogP contribution < -0.4 is 10.1 Å². The molecule has 0 heterocycles. The average Bonchev–Trinajstić information content (AvgIpc) is 2.44. The highest BCUT2D eigenvalue weighted by molar-refractivity contribution is 5.75. The third-order valence-electron chi connectivity index (χ3n) is 3.46. The van der Waals surface area contributed by atoms with Crippen molar-refractivity contribution in [3.63, 3.8) is 0 Å². The van der Waals surface area contributed by atoms with Crippen LogP contribution in [0.25, 0.3) is 0 Å². The lowest BCUT2D eigenvalue weighted by atomic mass is 10.1. The molecule has 0 spiro atoms. The van der Waals surface area contributed by atoms with Crippen molar-refractivity contribution in [3.05, 3.63) is 29.3 Å². The highest BCUT2D eigenvalue weighted by Crippen LogP contribution is 2.20. The van der Waals surface area contributed by atoms with Gasteiger partial charge in [-0.15, -0.1) is 0 Å². The molecule has 1 amide bonds. The zero-order chi connectivity index (χ0) is 14.8. The Morgan fingerprint density at radius 3 is 2.75 bits per heavy atom. The Morgan fingerprint density at radius 2 is 2.00 bits per heavy atom. The Labute approximate surface area is 122 Å². The fourth-order valence-electron chi connectivity index (χ4n) is 1.99. The van der Waals surface area contributed by atoms with Gasteiger partial charge in [0.25, 0.3) is 0 Å². The van der Waals surface area contributed by atoms with Crippen molar-refractivity contribution >= 4 is 5.91 Å². The van der Waals surface area contributed by atoms with Crippen LogP contribution in [0.2, 0.25) is 0 Å². The van der Waals surface area contributed by atoms with Crippen molar-refractivity contribution in [2.75, 3.05) is 13.2 Å². The van der Waals surface area contributed by atoms with Gasteiger partial charge < -0.3 is 10.1 Å². The highest BCUT2D eigenvalue weighted by Gasteiger charge is 2.03. The molecule has 1 aromatic rings. The minimum absolute atomic E-state index is 0.130. The normalized spacial score (nSPS) is 10.3. The quantitative estimate of drug-likeness (QED) is 0.698. The second-order valence-corrected chi connectivity index (χ2v) is 5.21. The SMILES string of the molecule is CCCCCNC(=O)CCCOc1cccc(C)c1C. The van der Waals surface area contributed by atoms with Gasteiger partial charge in [-0.2, -0.15) is 0 Å². The summed E-state index contributed by atoms with van der Waals surface area (Å²) in [7, 11) is 0. The second-order valence-electron chi connectivity index (χ2n) is 5.21. The largest absolute Gasteiger partial charge is 0.493 e. The molecule has 3 nitrogen and oxygen atoms in total. The first kappa shape index (κ1) is 16.5. The molecule has 20 heavy (non-hydrogen) atoms. The van der Waals surface area contributed by atoms with E-state index in [1.54, 1.807) is 0 Å². The number of amides is 1. The van der Waals surface area contributed by atoms with Crippen molar-refractivity contribution in [2.24, 2.45) is 0 Å². The van der Waals surface area contributed by atoms with Gasteiger partial charge in [-0.25, -0.2) is 0 Å². The van der Waals surface area contributed by atoms with Gasteiger partial charge in [-0.3, -0.25) is 4.79 Å². The number of aryl methyl sites for hydroxylation is 1. The monoisotopic (exact) mass is 277 g/mol. The Morgan fingerprint density at radius 1 is 1.20 bits per heavy atom. The van der Waals surface area contributed by atoms with Crippen molar-refractivity contribution in [3.8, 4) is 5.75 Å². The van der Waals surface area contributed by atoms with Crippen LogP contribution in [0.15, 0.2) is 18.2 Å². The van der Waals surface area contributed by atoms with E-state index in [0.717, 1.165) is 25.1 Å². The van der Waals surface area contributed by atoms with Crippen LogP contribution in [0.5, 0.6) is 5.75 Å². The summed E-state index contributed by atoms with van der Waals surface area (Å²) < 4.78 is 5.73. The third kappa shape index (κ3) is 6.09. The van der Waals surface area contributed by atoms with Crippen LogP contribution in [0.3, 0.4) is 0 Å². The van der Waals surface area contributed by atoms with E-state index in [1.165, 1.54) is 24.0 Å². The van der Waals surface area contributed by atoms with Crippen LogP contribution in [0.1, 0.15) is 50.2 Å². The minimum atomic E-state index is 0.130. The van der Waals surface area contributed by atoms with Crippen molar-refractivity contribution in [1.82, 2.24) is 5.32 Å². The molecule has 112 valence electrons. The molecular formula is C17H27NO2. The Hall–Kier alpha value is -1.51. The van der Waals surface area contributed by atoms with E-state index in [1.807, 2.05) is 12.1 Å². The van der Waals surface area contributed by atoms with Crippen LogP contribution in [0.4, 0.5) is 0 Å². The fraction of sp³-hybridized carbons (Fsp3) is 0.588. The van der Waals surface area contributed by atoms with Gasteiger partial charge in [0.15, 0.2) is 0 Å². The zero-order valence-electron chi connectivity index (χ0n) is 13.0. The first-order chi connectivity index (χ1) is 9.65. The fourth-order valence-corrected chi connectivity index (χ4v) is 1.99. The molecule has 0 bridgehead atoms. The van der Waals surface area contributed by atoms with Gasteiger partial charge in [0, 0.05) is 13.0 Å². The predicted molar refractivity (Wildman–Crippen MR) is 83.2 cm³/mol. The molecule has 0 aliphatic carbocycles. The van der Waals surface area contributed by atoms with E-state index in [9.17, 15) is 4.79 Å². The first-order valence-electron chi connectivity index (χ1n) is 7.61. The maximum absolute atomic E-state index is 11.6. The van der Waals surface area contributed by atoms with E-state index in [0.29, 0.717) is 13.0 Å². The van der Waals surface area contributed by atoms with Gasteiger partial charge in [0.2, 0.25) is 5.91 Å². The number of rotatable bonds is 9. The van der Waals surface area contributed by atoms with Crippen molar-refractivity contribution < 1.29 is 9.53 Å². The summed E-state index contributed by atoms with van der Waals surface area (Å²) in [6, 6.07) is 6.05. The molecular weight excluding hydrogens is 250 g/mol. The molecule has 1 rings (SSSR count). The standard InChI is InChI=1S/C17H27NO2/c1-4-5-6-12-18-17(19)11-8-13-20-16-10-7-9-14(2)15(16)3/h7,9-10H,4-6,8,11-13H2,1-3H3,(H,18,19). The maximum Gasteiger partial charge on any atom is 0.220 e. The summed E-state index contributed by atoms with van der Waals surface area (Å²) in [4.78, 5) is 11.6. The topological polar surface area (TPSA) is 38.3 Å². The summed E-state index contributed by atoms with van der Waals surface area (Å²) in [6.45, 7) is 7.68. The lowest BCUT2D eigenvalue weighted by Crippen LogP contribution is -2.24. The minimum Gasteiger partial charge on any atom is -0.493 e. The summed E-state index contributed by atoms with van der Waals surface area (Å²) in [6.07, 6.45) is 4.72. The lowest BCUT2D eigenvalue weighted by molar-refractivity contribution is -0.121. The molecule has 0 aromatic heterocycles. The molecule has 0 aliphatic rings. The number of hydrogen-bond acceptors (Lipinski definition) is 2. The van der Waals surface area contributed by atoms with Crippen molar-refractivity contribution in [1.29, 1.82) is 0 Å². The maximum atomic E-state index is 11.6. The molecule has 0 saturated carbocycles. The molecule has 0 saturated heterocycles. The van der Waals surface area contributed by atoms with Crippen molar-refractivity contribution in [2.45, 2.75) is 52.9 Å². The van der Waals surface area contributed by atoms with Crippen LogP contribution in [-0.2, 0) is 4.79 Å². The lowest BCUT2D eigenvalue weighted by Gasteiger charge is -2.10. The smallest absolute Gasteiger partial charge is 0.220 e. The number of nitrogens with one attached hydrogen (secondary N) is 1. The molecule has 1 aromatic carbocycles. The van der Waals surface area contributed by atoms with Gasteiger partial charge in [0.1, 0.15) is 5.75 Å². The van der Waals surface area contributed by atoms with E-state index < -0.39 is 0 Å². The molecule has 0 aliphatic heterocycles. The van der Waals surface area contributed by atoms with E-state index in [2.05, 4.69) is 32.2 Å². The molecule has 1 N–H and O–H groups in total. The predicted octanol–water partition coefficient (Wildman–Crippen LogP) is 3.77. The Balaban J connectivity index is 2.15. The Bertz CT molecular complexity index is 415. The number of hydrogen-bond donors (Lipinski definition) is 1. The molecule has 0 unspecified atom stereocenters. The molecule has 0 atom stereocenters. The summed E-state index contributed by atoms with van der Waals surface area (Å²) in [5.74, 6) is 1.05. The van der Waals surface area contributed by atoms with Gasteiger partial charge in [0.05, 0.1) is 6.61 Å². The molecule has 3 heteroatoms.